The van der Waals surface area contributed by atoms with Gasteiger partial charge in [-0.1, -0.05) is 97.1 Å². The smallest absolute Gasteiger partial charge is 0.225 e. The van der Waals surface area contributed by atoms with Crippen LogP contribution in [0.1, 0.15) is 0 Å². The van der Waals surface area contributed by atoms with Crippen molar-refractivity contribution in [2.24, 2.45) is 0 Å². The van der Waals surface area contributed by atoms with Gasteiger partial charge in [0.25, 0.3) is 0 Å². The van der Waals surface area contributed by atoms with Crippen molar-refractivity contribution in [1.82, 2.24) is 24.5 Å². The van der Waals surface area contributed by atoms with E-state index in [-0.39, 0.29) is 11.4 Å². The van der Waals surface area contributed by atoms with Crippen molar-refractivity contribution in [3.8, 4) is 40.0 Å². The number of nitrogens with zero attached hydrogens (tertiary/aromatic N) is 5. The van der Waals surface area contributed by atoms with Crippen molar-refractivity contribution in [2.45, 2.75) is 0 Å². The van der Waals surface area contributed by atoms with Crippen molar-refractivity contribution in [3.63, 3.8) is 0 Å². The van der Waals surface area contributed by atoms with E-state index in [9.17, 15) is 0 Å². The molecule has 6 heteroatoms. The zero-order chi connectivity index (χ0) is 25.5. The molecule has 0 bridgehead atoms. The minimum absolute atomic E-state index is 0.214. The van der Waals surface area contributed by atoms with Crippen LogP contribution >= 0.6 is 0 Å². The van der Waals surface area contributed by atoms with Crippen molar-refractivity contribution < 1.29 is 4.39 Å². The van der Waals surface area contributed by atoms with Gasteiger partial charge in [0.1, 0.15) is 5.82 Å². The summed E-state index contributed by atoms with van der Waals surface area (Å²) in [5.74, 6) is 1.02. The SMILES string of the molecule is Fc1nc(-n2c3ccccc3c3ccccc32)ccc1-c1nc(-c2ccccc2)nc(-c2ccccc2)n1. The van der Waals surface area contributed by atoms with Crippen LogP contribution in [0.2, 0.25) is 0 Å². The molecule has 7 rings (SSSR count). The van der Waals surface area contributed by atoms with Gasteiger partial charge in [-0.05, 0) is 24.3 Å². The Morgan fingerprint density at radius 2 is 0.921 bits per heavy atom. The highest BCUT2D eigenvalue weighted by molar-refractivity contribution is 6.09. The molecule has 0 amide bonds. The Bertz CT molecular complexity index is 1820. The zero-order valence-corrected chi connectivity index (χ0v) is 20.2. The molecule has 0 saturated carbocycles. The van der Waals surface area contributed by atoms with Crippen molar-refractivity contribution in [2.75, 3.05) is 0 Å². The van der Waals surface area contributed by atoms with Gasteiger partial charge in [-0.2, -0.15) is 4.39 Å². The van der Waals surface area contributed by atoms with E-state index in [0.29, 0.717) is 17.5 Å². The van der Waals surface area contributed by atoms with Crippen LogP contribution in [-0.4, -0.2) is 24.5 Å². The van der Waals surface area contributed by atoms with E-state index in [0.717, 1.165) is 32.9 Å². The predicted molar refractivity (Wildman–Crippen MR) is 148 cm³/mol. The van der Waals surface area contributed by atoms with Crippen molar-refractivity contribution >= 4 is 21.8 Å². The topological polar surface area (TPSA) is 56.5 Å². The van der Waals surface area contributed by atoms with Crippen LogP contribution in [0.3, 0.4) is 0 Å². The van der Waals surface area contributed by atoms with Gasteiger partial charge in [0.05, 0.1) is 16.6 Å². The van der Waals surface area contributed by atoms with Crippen LogP contribution in [0.4, 0.5) is 4.39 Å². The summed E-state index contributed by atoms with van der Waals surface area (Å²) in [5, 5.41) is 2.18. The van der Waals surface area contributed by atoms with Gasteiger partial charge in [0.2, 0.25) is 5.95 Å². The fourth-order valence-corrected chi connectivity index (χ4v) is 4.81. The molecule has 3 heterocycles. The van der Waals surface area contributed by atoms with E-state index >= 15 is 4.39 Å². The molecule has 0 atom stereocenters. The highest BCUT2D eigenvalue weighted by atomic mass is 19.1. The minimum atomic E-state index is -0.645. The zero-order valence-electron chi connectivity index (χ0n) is 20.2. The second-order valence-corrected chi connectivity index (χ2v) is 8.92. The minimum Gasteiger partial charge on any atom is -0.294 e. The number of rotatable bonds is 4. The lowest BCUT2D eigenvalue weighted by atomic mass is 10.1. The molecule has 0 unspecified atom stereocenters. The fraction of sp³-hybridized carbons (Fsp3) is 0. The van der Waals surface area contributed by atoms with Gasteiger partial charge in [-0.25, -0.2) is 19.9 Å². The quantitative estimate of drug-likeness (QED) is 0.238. The molecule has 0 saturated heterocycles. The maximum absolute atomic E-state index is 15.8. The summed E-state index contributed by atoms with van der Waals surface area (Å²) in [5.41, 5.74) is 3.79. The number of halogens is 1. The molecule has 0 aliphatic rings. The molecule has 7 aromatic rings. The van der Waals surface area contributed by atoms with Crippen LogP contribution < -0.4 is 0 Å². The summed E-state index contributed by atoms with van der Waals surface area (Å²) >= 11 is 0. The Labute approximate surface area is 217 Å². The molecule has 0 radical (unpaired) electrons. The summed E-state index contributed by atoms with van der Waals surface area (Å²) in [6.45, 7) is 0. The normalized spacial score (nSPS) is 11.3. The predicted octanol–water partition coefficient (Wildman–Crippen LogP) is 7.50. The summed E-state index contributed by atoms with van der Waals surface area (Å²) < 4.78 is 17.8. The summed E-state index contributed by atoms with van der Waals surface area (Å²) in [4.78, 5) is 18.4. The molecule has 4 aromatic carbocycles. The highest BCUT2D eigenvalue weighted by Gasteiger charge is 2.18. The maximum Gasteiger partial charge on any atom is 0.225 e. The Kier molecular flexibility index (Phi) is 5.22. The molecule has 0 aliphatic carbocycles. The highest BCUT2D eigenvalue weighted by Crippen LogP contribution is 2.32. The third-order valence-corrected chi connectivity index (χ3v) is 6.58. The Balaban J connectivity index is 1.40. The number of hydrogen-bond donors (Lipinski definition) is 0. The van der Waals surface area contributed by atoms with E-state index in [4.69, 9.17) is 0 Å². The molecule has 0 N–H and O–H groups in total. The average molecular weight is 494 g/mol. The van der Waals surface area contributed by atoms with Gasteiger partial charge >= 0.3 is 0 Å². The van der Waals surface area contributed by atoms with Crippen molar-refractivity contribution in [3.05, 3.63) is 127 Å². The van der Waals surface area contributed by atoms with E-state index in [2.05, 4.69) is 32.1 Å². The molecular weight excluding hydrogens is 473 g/mol. The average Bonchev–Trinajstić information content (AvgIpc) is 3.32. The van der Waals surface area contributed by atoms with Crippen LogP contribution in [-0.2, 0) is 0 Å². The number of fused-ring (bicyclic) bond motifs is 3. The Morgan fingerprint density at radius 3 is 1.45 bits per heavy atom. The third kappa shape index (κ3) is 3.71. The number of pyridine rings is 1. The molecule has 5 nitrogen and oxygen atoms in total. The lowest BCUT2D eigenvalue weighted by Gasteiger charge is -2.11. The molecule has 0 spiro atoms. The van der Waals surface area contributed by atoms with Crippen LogP contribution in [0.5, 0.6) is 0 Å². The first-order chi connectivity index (χ1) is 18.8. The summed E-state index contributed by atoms with van der Waals surface area (Å²) in [6.07, 6.45) is 0. The van der Waals surface area contributed by atoms with E-state index in [1.807, 2.05) is 108 Å². The lowest BCUT2D eigenvalue weighted by molar-refractivity contribution is 0.584. The molecule has 180 valence electrons. The maximum atomic E-state index is 15.8. The van der Waals surface area contributed by atoms with Crippen molar-refractivity contribution in [1.29, 1.82) is 0 Å². The van der Waals surface area contributed by atoms with Gasteiger partial charge in [0, 0.05) is 21.9 Å². The third-order valence-electron chi connectivity index (χ3n) is 6.58. The van der Waals surface area contributed by atoms with E-state index < -0.39 is 5.95 Å². The largest absolute Gasteiger partial charge is 0.294 e. The second kappa shape index (κ2) is 9.01. The van der Waals surface area contributed by atoms with Gasteiger partial charge in [-0.15, -0.1) is 0 Å². The number of aromatic nitrogens is 5. The summed E-state index contributed by atoms with van der Waals surface area (Å²) in [6, 6.07) is 38.9. The Morgan fingerprint density at radius 1 is 0.447 bits per heavy atom. The first-order valence-electron chi connectivity index (χ1n) is 12.3. The second-order valence-electron chi connectivity index (χ2n) is 8.92. The number of para-hydroxylation sites is 2. The first-order valence-corrected chi connectivity index (χ1v) is 12.3. The van der Waals surface area contributed by atoms with E-state index in [1.165, 1.54) is 0 Å². The van der Waals surface area contributed by atoms with Crippen LogP contribution in [0.25, 0.3) is 61.8 Å². The monoisotopic (exact) mass is 493 g/mol. The molecule has 3 aromatic heterocycles. The van der Waals surface area contributed by atoms with Gasteiger partial charge in [0.15, 0.2) is 17.5 Å². The fourth-order valence-electron chi connectivity index (χ4n) is 4.81. The molecule has 0 fully saturated rings. The Hall–Kier alpha value is -5.23. The van der Waals surface area contributed by atoms with Gasteiger partial charge in [-0.3, -0.25) is 4.57 Å². The van der Waals surface area contributed by atoms with Crippen LogP contribution in [0, 0.1) is 5.95 Å². The lowest BCUT2D eigenvalue weighted by Crippen LogP contribution is -2.04. The van der Waals surface area contributed by atoms with Gasteiger partial charge < -0.3 is 0 Å². The molecule has 38 heavy (non-hydrogen) atoms. The number of benzene rings is 4. The molecule has 0 aliphatic heterocycles. The molecular formula is C32H20FN5. The summed E-state index contributed by atoms with van der Waals surface area (Å²) in [7, 11) is 0. The number of hydrogen-bond acceptors (Lipinski definition) is 4. The standard InChI is InChI=1S/C32H20FN5/c33-29-25(19-20-28(34-29)38-26-17-9-7-15-23(26)24-16-8-10-18-27(24)38)32-36-30(21-11-3-1-4-12-21)35-31(37-32)22-13-5-2-6-14-22/h1-20H. The van der Waals surface area contributed by atoms with E-state index in [1.54, 1.807) is 6.07 Å². The first kappa shape index (κ1) is 22.0. The van der Waals surface area contributed by atoms with Crippen LogP contribution in [0.15, 0.2) is 121 Å².